The summed E-state index contributed by atoms with van der Waals surface area (Å²) in [6.45, 7) is 3.86. The van der Waals surface area contributed by atoms with E-state index in [1.54, 1.807) is 29.7 Å². The van der Waals surface area contributed by atoms with Gasteiger partial charge in [-0.25, -0.2) is 9.78 Å². The van der Waals surface area contributed by atoms with E-state index in [1.807, 2.05) is 6.07 Å². The highest BCUT2D eigenvalue weighted by molar-refractivity contribution is 7.11. The van der Waals surface area contributed by atoms with Gasteiger partial charge in [-0.2, -0.15) is 5.26 Å². The molecule has 0 fully saturated rings. The molecule has 1 aromatic carbocycles. The Bertz CT molecular complexity index is 701. The van der Waals surface area contributed by atoms with Crippen molar-refractivity contribution in [3.63, 3.8) is 0 Å². The van der Waals surface area contributed by atoms with E-state index in [-0.39, 0.29) is 5.01 Å². The SMILES string of the molecule is C=CCOc1ccc(-c2csc(C(=O)O)n2)cc1C#N. The largest absolute Gasteiger partial charge is 0.488 e. The molecule has 0 unspecified atom stereocenters. The Hall–Kier alpha value is -2.65. The van der Waals surface area contributed by atoms with Crippen LogP contribution in [0.4, 0.5) is 0 Å². The van der Waals surface area contributed by atoms with Crippen LogP contribution in [0.3, 0.4) is 0 Å². The Morgan fingerprint density at radius 3 is 3.00 bits per heavy atom. The second-order valence-electron chi connectivity index (χ2n) is 3.77. The lowest BCUT2D eigenvalue weighted by Gasteiger charge is -2.06. The van der Waals surface area contributed by atoms with E-state index in [4.69, 9.17) is 15.1 Å². The lowest BCUT2D eigenvalue weighted by Crippen LogP contribution is -1.96. The molecule has 6 heteroatoms. The highest BCUT2D eigenvalue weighted by Gasteiger charge is 2.12. The van der Waals surface area contributed by atoms with Gasteiger partial charge in [0.25, 0.3) is 0 Å². The number of aromatic nitrogens is 1. The average Bonchev–Trinajstić information content (AvgIpc) is 2.95. The first-order valence-electron chi connectivity index (χ1n) is 5.62. The molecule has 0 saturated carbocycles. The van der Waals surface area contributed by atoms with Crippen molar-refractivity contribution >= 4 is 17.3 Å². The van der Waals surface area contributed by atoms with Crippen LogP contribution in [0.5, 0.6) is 5.75 Å². The molecule has 0 saturated heterocycles. The quantitative estimate of drug-likeness (QED) is 0.854. The van der Waals surface area contributed by atoms with E-state index in [2.05, 4.69) is 11.6 Å². The number of rotatable bonds is 5. The number of carbonyl (C=O) groups is 1. The first kappa shape index (κ1) is 13.8. The monoisotopic (exact) mass is 286 g/mol. The summed E-state index contributed by atoms with van der Waals surface area (Å²) in [7, 11) is 0. The number of aromatic carboxylic acids is 1. The van der Waals surface area contributed by atoms with Crippen LogP contribution in [-0.4, -0.2) is 22.7 Å². The Balaban J connectivity index is 2.35. The van der Waals surface area contributed by atoms with Crippen molar-refractivity contribution in [1.82, 2.24) is 4.98 Å². The molecule has 0 amide bonds. The zero-order chi connectivity index (χ0) is 14.5. The number of carboxylic acids is 1. The number of nitrogens with zero attached hydrogens (tertiary/aromatic N) is 2. The highest BCUT2D eigenvalue weighted by Crippen LogP contribution is 2.27. The molecular weight excluding hydrogens is 276 g/mol. The molecule has 1 N–H and O–H groups in total. The molecular formula is C14H10N2O3S. The molecule has 0 aliphatic carbocycles. The number of ether oxygens (including phenoxy) is 1. The normalized spacial score (nSPS) is 9.75. The Morgan fingerprint density at radius 2 is 2.40 bits per heavy atom. The second-order valence-corrected chi connectivity index (χ2v) is 4.62. The van der Waals surface area contributed by atoms with Gasteiger partial charge in [0.05, 0.1) is 11.3 Å². The molecule has 2 rings (SSSR count). The average molecular weight is 286 g/mol. The molecule has 100 valence electrons. The van der Waals surface area contributed by atoms with E-state index >= 15 is 0 Å². The summed E-state index contributed by atoms with van der Waals surface area (Å²) < 4.78 is 5.36. The zero-order valence-corrected chi connectivity index (χ0v) is 11.2. The van der Waals surface area contributed by atoms with Gasteiger partial charge in [-0.15, -0.1) is 11.3 Å². The molecule has 5 nitrogen and oxygen atoms in total. The molecule has 0 radical (unpaired) electrons. The van der Waals surface area contributed by atoms with Gasteiger partial charge in [-0.3, -0.25) is 0 Å². The zero-order valence-electron chi connectivity index (χ0n) is 10.4. The number of carboxylic acid groups (broad SMARTS) is 1. The number of hydrogen-bond donors (Lipinski definition) is 1. The van der Waals surface area contributed by atoms with Crippen LogP contribution < -0.4 is 4.74 Å². The lowest BCUT2D eigenvalue weighted by molar-refractivity contribution is 0.0696. The van der Waals surface area contributed by atoms with E-state index in [0.717, 1.165) is 11.3 Å². The van der Waals surface area contributed by atoms with Crippen molar-refractivity contribution in [3.8, 4) is 23.1 Å². The smallest absolute Gasteiger partial charge is 0.365 e. The Labute approximate surface area is 119 Å². The van der Waals surface area contributed by atoms with E-state index < -0.39 is 5.97 Å². The van der Waals surface area contributed by atoms with Crippen LogP contribution in [-0.2, 0) is 0 Å². The van der Waals surface area contributed by atoms with Crippen molar-refractivity contribution in [2.75, 3.05) is 6.61 Å². The fraction of sp³-hybridized carbons (Fsp3) is 0.0714. The fourth-order valence-electron chi connectivity index (χ4n) is 1.56. The van der Waals surface area contributed by atoms with Gasteiger partial charge in [0.2, 0.25) is 5.01 Å². The third-order valence-electron chi connectivity index (χ3n) is 2.44. The summed E-state index contributed by atoms with van der Waals surface area (Å²) in [5.74, 6) is -0.600. The molecule has 20 heavy (non-hydrogen) atoms. The molecule has 0 atom stereocenters. The molecule has 0 aliphatic heterocycles. The Morgan fingerprint density at radius 1 is 1.60 bits per heavy atom. The van der Waals surface area contributed by atoms with Crippen molar-refractivity contribution in [1.29, 1.82) is 5.26 Å². The van der Waals surface area contributed by atoms with Crippen LogP contribution in [0.1, 0.15) is 15.4 Å². The van der Waals surface area contributed by atoms with E-state index in [1.165, 1.54) is 0 Å². The molecule has 0 aliphatic rings. The van der Waals surface area contributed by atoms with Crippen LogP contribution in [0.2, 0.25) is 0 Å². The van der Waals surface area contributed by atoms with Crippen molar-refractivity contribution in [2.45, 2.75) is 0 Å². The number of benzene rings is 1. The summed E-state index contributed by atoms with van der Waals surface area (Å²) in [6.07, 6.45) is 1.59. The molecule has 0 bridgehead atoms. The first-order valence-corrected chi connectivity index (χ1v) is 6.50. The standard InChI is InChI=1S/C14H10N2O3S/c1-2-5-19-12-4-3-9(6-10(12)7-15)11-8-20-13(16-11)14(17)18/h2-4,6,8H,1,5H2,(H,17,18). The maximum atomic E-state index is 10.8. The van der Waals surface area contributed by atoms with Crippen molar-refractivity contribution < 1.29 is 14.6 Å². The molecule has 1 heterocycles. The minimum Gasteiger partial charge on any atom is -0.488 e. The maximum Gasteiger partial charge on any atom is 0.365 e. The van der Waals surface area contributed by atoms with Crippen LogP contribution >= 0.6 is 11.3 Å². The predicted molar refractivity (Wildman–Crippen MR) is 74.9 cm³/mol. The van der Waals surface area contributed by atoms with Crippen LogP contribution in [0, 0.1) is 11.3 Å². The number of thiazole rings is 1. The Kier molecular flexibility index (Phi) is 4.13. The van der Waals surface area contributed by atoms with Gasteiger partial charge < -0.3 is 9.84 Å². The van der Waals surface area contributed by atoms with Crippen LogP contribution in [0.25, 0.3) is 11.3 Å². The maximum absolute atomic E-state index is 10.8. The predicted octanol–water partition coefficient (Wildman–Crippen LogP) is 2.94. The second kappa shape index (κ2) is 5.99. The number of hydrogen-bond acceptors (Lipinski definition) is 5. The van der Waals surface area contributed by atoms with Crippen molar-refractivity contribution in [2.24, 2.45) is 0 Å². The van der Waals surface area contributed by atoms with Crippen molar-refractivity contribution in [3.05, 3.63) is 46.8 Å². The van der Waals surface area contributed by atoms with Crippen LogP contribution in [0.15, 0.2) is 36.2 Å². The number of nitriles is 1. The summed E-state index contributed by atoms with van der Waals surface area (Å²) in [6, 6.07) is 7.07. The topological polar surface area (TPSA) is 83.2 Å². The minimum atomic E-state index is -1.06. The summed E-state index contributed by atoms with van der Waals surface area (Å²) in [5.41, 5.74) is 1.57. The minimum absolute atomic E-state index is 0.0190. The molecule has 2 aromatic rings. The summed E-state index contributed by atoms with van der Waals surface area (Å²) in [5, 5.41) is 19.6. The van der Waals surface area contributed by atoms with Gasteiger partial charge in [0, 0.05) is 10.9 Å². The summed E-state index contributed by atoms with van der Waals surface area (Å²) >= 11 is 1.05. The first-order chi connectivity index (χ1) is 9.65. The fourth-order valence-corrected chi connectivity index (χ4v) is 2.22. The van der Waals surface area contributed by atoms with E-state index in [0.29, 0.717) is 29.2 Å². The highest BCUT2D eigenvalue weighted by atomic mass is 32.1. The van der Waals surface area contributed by atoms with Gasteiger partial charge in [-0.1, -0.05) is 12.7 Å². The molecule has 0 spiro atoms. The van der Waals surface area contributed by atoms with E-state index in [9.17, 15) is 4.79 Å². The van der Waals surface area contributed by atoms with Gasteiger partial charge in [0.1, 0.15) is 18.4 Å². The third kappa shape index (κ3) is 2.84. The third-order valence-corrected chi connectivity index (χ3v) is 3.27. The molecule has 1 aromatic heterocycles. The van der Waals surface area contributed by atoms with Gasteiger partial charge in [-0.05, 0) is 18.2 Å². The van der Waals surface area contributed by atoms with Gasteiger partial charge >= 0.3 is 5.97 Å². The van der Waals surface area contributed by atoms with Gasteiger partial charge in [0.15, 0.2) is 0 Å². The summed E-state index contributed by atoms with van der Waals surface area (Å²) in [4.78, 5) is 14.8. The lowest BCUT2D eigenvalue weighted by atomic mass is 10.1.